The first-order valence-electron chi connectivity index (χ1n) is 7.05. The molecule has 0 unspecified atom stereocenters. The van der Waals surface area contributed by atoms with Crippen molar-refractivity contribution in [3.63, 3.8) is 0 Å². The Balaban J connectivity index is 1.68. The van der Waals surface area contributed by atoms with E-state index in [4.69, 9.17) is 20.9 Å². The molecule has 0 amide bonds. The fraction of sp³-hybridized carbons (Fsp3) is 0.118. The maximum absolute atomic E-state index is 13.6. The third-order valence-electron chi connectivity index (χ3n) is 3.25. The number of esters is 1. The first kappa shape index (κ1) is 16.1. The zero-order valence-electron chi connectivity index (χ0n) is 12.6. The molecule has 7 heteroatoms. The summed E-state index contributed by atoms with van der Waals surface area (Å²) in [6, 6.07) is 11.2. The van der Waals surface area contributed by atoms with Crippen LogP contribution in [-0.4, -0.2) is 16.1 Å². The van der Waals surface area contributed by atoms with E-state index in [1.54, 1.807) is 0 Å². The lowest BCUT2D eigenvalue weighted by molar-refractivity contribution is 0.0424. The molecule has 0 spiro atoms. The van der Waals surface area contributed by atoms with Crippen molar-refractivity contribution in [2.24, 2.45) is 0 Å². The summed E-state index contributed by atoms with van der Waals surface area (Å²) < 4.78 is 23.6. The van der Waals surface area contributed by atoms with Gasteiger partial charge in [-0.15, -0.1) is 0 Å². The molecule has 0 aliphatic carbocycles. The van der Waals surface area contributed by atoms with Crippen molar-refractivity contribution in [2.45, 2.75) is 13.5 Å². The van der Waals surface area contributed by atoms with Gasteiger partial charge in [-0.2, -0.15) is 4.98 Å². The Kier molecular flexibility index (Phi) is 4.57. The average Bonchev–Trinajstić information content (AvgIpc) is 3.04. The van der Waals surface area contributed by atoms with Crippen LogP contribution in [0.3, 0.4) is 0 Å². The molecule has 0 fully saturated rings. The SMILES string of the molecule is Cc1ccc(-c2noc(COC(=O)c3cc(Cl)ccc3F)n2)cc1. The lowest BCUT2D eigenvalue weighted by atomic mass is 10.1. The standard InChI is InChI=1S/C17H12ClFN2O3/c1-10-2-4-11(5-3-10)16-20-15(24-21-16)9-23-17(22)13-8-12(18)6-7-14(13)19/h2-8H,9H2,1H3. The Morgan fingerprint density at radius 2 is 2.00 bits per heavy atom. The number of hydrogen-bond donors (Lipinski definition) is 0. The van der Waals surface area contributed by atoms with E-state index in [0.717, 1.165) is 17.2 Å². The van der Waals surface area contributed by atoms with Crippen LogP contribution in [0.15, 0.2) is 47.0 Å². The van der Waals surface area contributed by atoms with Gasteiger partial charge in [0.2, 0.25) is 5.82 Å². The molecule has 0 N–H and O–H groups in total. The molecule has 5 nitrogen and oxygen atoms in total. The summed E-state index contributed by atoms with van der Waals surface area (Å²) in [6.45, 7) is 1.71. The van der Waals surface area contributed by atoms with Crippen LogP contribution < -0.4 is 0 Å². The number of aryl methyl sites for hydroxylation is 1. The van der Waals surface area contributed by atoms with Crippen molar-refractivity contribution >= 4 is 17.6 Å². The second kappa shape index (κ2) is 6.80. The number of carbonyl (C=O) groups is 1. The Bertz CT molecular complexity index is 878. The van der Waals surface area contributed by atoms with Gasteiger partial charge in [0.1, 0.15) is 5.82 Å². The van der Waals surface area contributed by atoms with E-state index in [2.05, 4.69) is 10.1 Å². The molecule has 1 aromatic heterocycles. The predicted molar refractivity (Wildman–Crippen MR) is 85.0 cm³/mol. The van der Waals surface area contributed by atoms with Crippen LogP contribution in [0, 0.1) is 12.7 Å². The van der Waals surface area contributed by atoms with Crippen LogP contribution in [0.4, 0.5) is 4.39 Å². The average molecular weight is 347 g/mol. The van der Waals surface area contributed by atoms with E-state index in [9.17, 15) is 9.18 Å². The molecule has 0 bridgehead atoms. The minimum absolute atomic E-state index is 0.112. The van der Waals surface area contributed by atoms with Crippen molar-refractivity contribution in [2.75, 3.05) is 0 Å². The van der Waals surface area contributed by atoms with E-state index in [-0.39, 0.29) is 23.1 Å². The minimum atomic E-state index is -0.856. The number of rotatable bonds is 4. The normalized spacial score (nSPS) is 10.6. The largest absolute Gasteiger partial charge is 0.452 e. The minimum Gasteiger partial charge on any atom is -0.452 e. The Labute approximate surface area is 142 Å². The van der Waals surface area contributed by atoms with Crippen LogP contribution in [0.25, 0.3) is 11.4 Å². The fourth-order valence-corrected chi connectivity index (χ4v) is 2.16. The van der Waals surface area contributed by atoms with Crippen LogP contribution in [0.5, 0.6) is 0 Å². The third-order valence-corrected chi connectivity index (χ3v) is 3.49. The van der Waals surface area contributed by atoms with Gasteiger partial charge in [0.15, 0.2) is 6.61 Å². The smallest absolute Gasteiger partial charge is 0.341 e. The van der Waals surface area contributed by atoms with Gasteiger partial charge in [-0.25, -0.2) is 9.18 Å². The lowest BCUT2D eigenvalue weighted by Gasteiger charge is -2.03. The summed E-state index contributed by atoms with van der Waals surface area (Å²) in [5, 5.41) is 4.06. The summed E-state index contributed by atoms with van der Waals surface area (Å²) in [5.74, 6) is -1.07. The van der Waals surface area contributed by atoms with Gasteiger partial charge in [0, 0.05) is 10.6 Å². The molecule has 3 aromatic rings. The number of halogens is 2. The quantitative estimate of drug-likeness (QED) is 0.662. The lowest BCUT2D eigenvalue weighted by Crippen LogP contribution is -2.07. The second-order valence-electron chi connectivity index (χ2n) is 5.08. The van der Waals surface area contributed by atoms with Crippen LogP contribution in [0.2, 0.25) is 5.02 Å². The van der Waals surface area contributed by atoms with E-state index < -0.39 is 11.8 Å². The molecule has 0 radical (unpaired) electrons. The second-order valence-corrected chi connectivity index (χ2v) is 5.51. The van der Waals surface area contributed by atoms with Crippen molar-refractivity contribution < 1.29 is 18.4 Å². The van der Waals surface area contributed by atoms with E-state index in [1.807, 2.05) is 31.2 Å². The van der Waals surface area contributed by atoms with Crippen LogP contribution >= 0.6 is 11.6 Å². The zero-order chi connectivity index (χ0) is 17.1. The van der Waals surface area contributed by atoms with Gasteiger partial charge < -0.3 is 9.26 Å². The number of aromatic nitrogens is 2. The first-order valence-corrected chi connectivity index (χ1v) is 7.42. The maximum Gasteiger partial charge on any atom is 0.341 e. The highest BCUT2D eigenvalue weighted by Crippen LogP contribution is 2.18. The van der Waals surface area contributed by atoms with Crippen LogP contribution in [-0.2, 0) is 11.3 Å². The van der Waals surface area contributed by atoms with Crippen molar-refractivity contribution in [1.82, 2.24) is 10.1 Å². The van der Waals surface area contributed by atoms with E-state index in [1.165, 1.54) is 12.1 Å². The summed E-state index contributed by atoms with van der Waals surface area (Å²) in [4.78, 5) is 16.0. The molecule has 3 rings (SSSR count). The summed E-state index contributed by atoms with van der Waals surface area (Å²) in [6.07, 6.45) is 0. The van der Waals surface area contributed by atoms with Gasteiger partial charge >= 0.3 is 5.97 Å². The number of carbonyl (C=O) groups excluding carboxylic acids is 1. The number of hydrogen-bond acceptors (Lipinski definition) is 5. The number of ether oxygens (including phenoxy) is 1. The molecule has 0 aliphatic rings. The van der Waals surface area contributed by atoms with Gasteiger partial charge in [0.25, 0.3) is 5.89 Å². The number of nitrogens with zero attached hydrogens (tertiary/aromatic N) is 2. The molecule has 24 heavy (non-hydrogen) atoms. The highest BCUT2D eigenvalue weighted by atomic mass is 35.5. The van der Waals surface area contributed by atoms with Crippen molar-refractivity contribution in [3.05, 3.63) is 70.3 Å². The molecular formula is C17H12ClFN2O3. The molecule has 0 atom stereocenters. The predicted octanol–water partition coefficient (Wildman–Crippen LogP) is 4.19. The molecule has 1 heterocycles. The summed E-state index contributed by atoms with van der Waals surface area (Å²) in [7, 11) is 0. The molecule has 0 saturated heterocycles. The Morgan fingerprint density at radius 3 is 2.75 bits per heavy atom. The topological polar surface area (TPSA) is 65.2 Å². The highest BCUT2D eigenvalue weighted by Gasteiger charge is 2.16. The monoisotopic (exact) mass is 346 g/mol. The molecule has 122 valence electrons. The van der Waals surface area contributed by atoms with E-state index in [0.29, 0.717) is 5.82 Å². The first-order chi connectivity index (χ1) is 11.5. The molecule has 0 aliphatic heterocycles. The Hall–Kier alpha value is -2.73. The summed E-state index contributed by atoms with van der Waals surface area (Å²) in [5.41, 5.74) is 1.64. The maximum atomic E-state index is 13.6. The van der Waals surface area contributed by atoms with Gasteiger partial charge in [-0.05, 0) is 25.1 Å². The fourth-order valence-electron chi connectivity index (χ4n) is 1.99. The molecule has 0 saturated carbocycles. The molecular weight excluding hydrogens is 335 g/mol. The van der Waals surface area contributed by atoms with Gasteiger partial charge in [-0.1, -0.05) is 46.6 Å². The highest BCUT2D eigenvalue weighted by molar-refractivity contribution is 6.30. The van der Waals surface area contributed by atoms with Crippen molar-refractivity contribution in [3.8, 4) is 11.4 Å². The van der Waals surface area contributed by atoms with Crippen molar-refractivity contribution in [1.29, 1.82) is 0 Å². The van der Waals surface area contributed by atoms with Gasteiger partial charge in [-0.3, -0.25) is 0 Å². The third kappa shape index (κ3) is 3.60. The summed E-state index contributed by atoms with van der Waals surface area (Å²) >= 11 is 5.75. The van der Waals surface area contributed by atoms with Crippen LogP contribution in [0.1, 0.15) is 21.8 Å². The van der Waals surface area contributed by atoms with Gasteiger partial charge in [0.05, 0.1) is 5.56 Å². The van der Waals surface area contributed by atoms with E-state index >= 15 is 0 Å². The Morgan fingerprint density at radius 1 is 1.25 bits per heavy atom. The number of benzene rings is 2. The zero-order valence-corrected chi connectivity index (χ0v) is 13.4. The molecule has 2 aromatic carbocycles.